The van der Waals surface area contributed by atoms with Crippen molar-refractivity contribution in [3.63, 3.8) is 0 Å². The number of aromatic nitrogens is 1. The van der Waals surface area contributed by atoms with Crippen LogP contribution in [-0.2, 0) is 11.3 Å². The van der Waals surface area contributed by atoms with E-state index < -0.39 is 0 Å². The molecular weight excluding hydrogens is 216 g/mol. The predicted molar refractivity (Wildman–Crippen MR) is 63.7 cm³/mol. The van der Waals surface area contributed by atoms with Gasteiger partial charge in [0.2, 0.25) is 0 Å². The summed E-state index contributed by atoms with van der Waals surface area (Å²) in [6, 6.07) is 0.715. The molecule has 2 heterocycles. The van der Waals surface area contributed by atoms with Crippen molar-refractivity contribution in [1.82, 2.24) is 10.3 Å². The first kappa shape index (κ1) is 11.2. The summed E-state index contributed by atoms with van der Waals surface area (Å²) in [6.07, 6.45) is 5.25. The summed E-state index contributed by atoms with van der Waals surface area (Å²) in [5, 5.41) is 3.50. The van der Waals surface area contributed by atoms with Gasteiger partial charge in [0.15, 0.2) is 6.39 Å². The number of hydrogen-bond acceptors (Lipinski definition) is 4. The van der Waals surface area contributed by atoms with Crippen LogP contribution in [0.2, 0.25) is 0 Å². The maximum absolute atomic E-state index is 5.62. The molecule has 0 amide bonds. The van der Waals surface area contributed by atoms with E-state index in [1.54, 1.807) is 6.39 Å². The second kappa shape index (κ2) is 4.78. The molecular formula is C13H20N2O2. The summed E-state index contributed by atoms with van der Waals surface area (Å²) in [4.78, 5) is 4.36. The molecule has 2 aliphatic rings. The standard InChI is InChI=1S/C13H20N2O2/c1-9-7-16-5-4-11(9)13-12(15-8-17-13)6-14-10-2-3-10/h8-11,14H,2-7H2,1H3. The van der Waals surface area contributed by atoms with Gasteiger partial charge >= 0.3 is 0 Å². The Morgan fingerprint density at radius 3 is 3.06 bits per heavy atom. The lowest BCUT2D eigenvalue weighted by molar-refractivity contribution is 0.0418. The highest BCUT2D eigenvalue weighted by Gasteiger charge is 2.29. The van der Waals surface area contributed by atoms with Crippen LogP contribution in [0.15, 0.2) is 10.8 Å². The van der Waals surface area contributed by atoms with Gasteiger partial charge in [-0.25, -0.2) is 4.98 Å². The molecule has 4 heteroatoms. The van der Waals surface area contributed by atoms with Crippen molar-refractivity contribution in [2.45, 2.75) is 44.7 Å². The van der Waals surface area contributed by atoms with Gasteiger partial charge in [-0.05, 0) is 25.2 Å². The Labute approximate surface area is 102 Å². The smallest absolute Gasteiger partial charge is 0.181 e. The Balaban J connectivity index is 1.69. The van der Waals surface area contributed by atoms with Gasteiger partial charge in [0, 0.05) is 31.7 Å². The average molecular weight is 236 g/mol. The lowest BCUT2D eigenvalue weighted by atomic mass is 9.87. The van der Waals surface area contributed by atoms with E-state index in [-0.39, 0.29) is 0 Å². The van der Waals surface area contributed by atoms with Crippen molar-refractivity contribution < 1.29 is 9.15 Å². The fraction of sp³-hybridized carbons (Fsp3) is 0.769. The Morgan fingerprint density at radius 2 is 2.29 bits per heavy atom. The second-order valence-electron chi connectivity index (χ2n) is 5.27. The molecule has 2 unspecified atom stereocenters. The van der Waals surface area contributed by atoms with Crippen molar-refractivity contribution >= 4 is 0 Å². The third-order valence-corrected chi connectivity index (χ3v) is 3.79. The molecule has 2 fully saturated rings. The SMILES string of the molecule is CC1COCCC1c1ocnc1CNC1CC1. The highest BCUT2D eigenvalue weighted by Crippen LogP contribution is 2.33. The number of nitrogens with one attached hydrogen (secondary N) is 1. The zero-order valence-corrected chi connectivity index (χ0v) is 10.3. The monoisotopic (exact) mass is 236 g/mol. The lowest BCUT2D eigenvalue weighted by Gasteiger charge is -2.27. The molecule has 1 saturated heterocycles. The van der Waals surface area contributed by atoms with E-state index in [2.05, 4.69) is 17.2 Å². The van der Waals surface area contributed by atoms with E-state index in [1.807, 2.05) is 0 Å². The number of ether oxygens (including phenoxy) is 1. The molecule has 0 radical (unpaired) electrons. The molecule has 0 spiro atoms. The molecule has 1 saturated carbocycles. The van der Waals surface area contributed by atoms with E-state index in [1.165, 1.54) is 12.8 Å². The maximum Gasteiger partial charge on any atom is 0.181 e. The van der Waals surface area contributed by atoms with Crippen LogP contribution in [0.4, 0.5) is 0 Å². The number of rotatable bonds is 4. The summed E-state index contributed by atoms with van der Waals surface area (Å²) in [7, 11) is 0. The summed E-state index contributed by atoms with van der Waals surface area (Å²) in [6.45, 7) is 4.75. The molecule has 0 aromatic carbocycles. The molecule has 4 nitrogen and oxygen atoms in total. The van der Waals surface area contributed by atoms with E-state index in [4.69, 9.17) is 9.15 Å². The van der Waals surface area contributed by atoms with Crippen molar-refractivity contribution in [2.24, 2.45) is 5.92 Å². The highest BCUT2D eigenvalue weighted by atomic mass is 16.5. The van der Waals surface area contributed by atoms with Crippen LogP contribution in [0, 0.1) is 5.92 Å². The Morgan fingerprint density at radius 1 is 1.41 bits per heavy atom. The van der Waals surface area contributed by atoms with Crippen LogP contribution >= 0.6 is 0 Å². The Hall–Kier alpha value is -0.870. The minimum atomic E-state index is 0.474. The van der Waals surface area contributed by atoms with Crippen molar-refractivity contribution in [1.29, 1.82) is 0 Å². The molecule has 1 aliphatic carbocycles. The van der Waals surface area contributed by atoms with Crippen LogP contribution in [0.3, 0.4) is 0 Å². The van der Waals surface area contributed by atoms with E-state index in [0.29, 0.717) is 17.9 Å². The quantitative estimate of drug-likeness (QED) is 0.869. The van der Waals surface area contributed by atoms with E-state index >= 15 is 0 Å². The molecule has 94 valence electrons. The van der Waals surface area contributed by atoms with Crippen LogP contribution in [-0.4, -0.2) is 24.2 Å². The Bertz CT molecular complexity index is 373. The van der Waals surface area contributed by atoms with E-state index in [9.17, 15) is 0 Å². The molecule has 17 heavy (non-hydrogen) atoms. The van der Waals surface area contributed by atoms with E-state index in [0.717, 1.165) is 37.6 Å². The molecule has 3 rings (SSSR count). The molecule has 1 aromatic heterocycles. The minimum Gasteiger partial charge on any atom is -0.448 e. The first-order valence-corrected chi connectivity index (χ1v) is 6.58. The molecule has 0 bridgehead atoms. The molecule has 1 N–H and O–H groups in total. The number of hydrogen-bond donors (Lipinski definition) is 1. The van der Waals surface area contributed by atoms with Gasteiger partial charge in [-0.3, -0.25) is 0 Å². The predicted octanol–water partition coefficient (Wildman–Crippen LogP) is 2.07. The van der Waals surface area contributed by atoms with Crippen molar-refractivity contribution in [3.8, 4) is 0 Å². The van der Waals surface area contributed by atoms with Crippen LogP contribution in [0.25, 0.3) is 0 Å². The van der Waals surface area contributed by atoms with Gasteiger partial charge < -0.3 is 14.5 Å². The average Bonchev–Trinajstić information content (AvgIpc) is 3.06. The largest absolute Gasteiger partial charge is 0.448 e. The molecule has 1 aromatic rings. The summed E-state index contributed by atoms with van der Waals surface area (Å²) < 4.78 is 11.1. The van der Waals surface area contributed by atoms with Gasteiger partial charge in [0.25, 0.3) is 0 Å². The third-order valence-electron chi connectivity index (χ3n) is 3.79. The number of oxazole rings is 1. The van der Waals surface area contributed by atoms with Gasteiger partial charge in [0.05, 0.1) is 5.69 Å². The fourth-order valence-electron chi connectivity index (χ4n) is 2.51. The van der Waals surface area contributed by atoms with Crippen LogP contribution in [0.5, 0.6) is 0 Å². The summed E-state index contributed by atoms with van der Waals surface area (Å²) in [5.41, 5.74) is 1.09. The summed E-state index contributed by atoms with van der Waals surface area (Å²) >= 11 is 0. The normalized spacial score (nSPS) is 29.5. The van der Waals surface area contributed by atoms with Gasteiger partial charge in [-0.2, -0.15) is 0 Å². The fourth-order valence-corrected chi connectivity index (χ4v) is 2.51. The summed E-state index contributed by atoms with van der Waals surface area (Å²) in [5.74, 6) is 2.08. The maximum atomic E-state index is 5.62. The van der Waals surface area contributed by atoms with Crippen molar-refractivity contribution in [3.05, 3.63) is 17.8 Å². The minimum absolute atomic E-state index is 0.474. The number of nitrogens with zero attached hydrogens (tertiary/aromatic N) is 1. The van der Waals surface area contributed by atoms with Crippen LogP contribution in [0.1, 0.15) is 43.6 Å². The second-order valence-corrected chi connectivity index (χ2v) is 5.27. The lowest BCUT2D eigenvalue weighted by Crippen LogP contribution is -2.25. The highest BCUT2D eigenvalue weighted by molar-refractivity contribution is 5.14. The zero-order valence-electron chi connectivity index (χ0n) is 10.3. The van der Waals surface area contributed by atoms with Crippen LogP contribution < -0.4 is 5.32 Å². The third kappa shape index (κ3) is 2.53. The van der Waals surface area contributed by atoms with Gasteiger partial charge in [-0.15, -0.1) is 0 Å². The van der Waals surface area contributed by atoms with Gasteiger partial charge in [-0.1, -0.05) is 6.92 Å². The topological polar surface area (TPSA) is 47.3 Å². The Kier molecular flexibility index (Phi) is 3.16. The molecule has 1 aliphatic heterocycles. The first-order valence-electron chi connectivity index (χ1n) is 6.58. The first-order chi connectivity index (χ1) is 8.34. The van der Waals surface area contributed by atoms with Crippen molar-refractivity contribution in [2.75, 3.05) is 13.2 Å². The zero-order chi connectivity index (χ0) is 11.7. The molecule has 2 atom stereocenters. The van der Waals surface area contributed by atoms with Gasteiger partial charge in [0.1, 0.15) is 5.76 Å².